The summed E-state index contributed by atoms with van der Waals surface area (Å²) in [6.45, 7) is 11.6. The van der Waals surface area contributed by atoms with Crippen molar-refractivity contribution in [3.05, 3.63) is 24.3 Å². The zero-order valence-electron chi connectivity index (χ0n) is 13.5. The van der Waals surface area contributed by atoms with E-state index in [1.807, 2.05) is 6.20 Å². The molecule has 0 bridgehead atoms. The van der Waals surface area contributed by atoms with Crippen LogP contribution in [0.5, 0.6) is 0 Å². The second kappa shape index (κ2) is 5.94. The van der Waals surface area contributed by atoms with Gasteiger partial charge in [-0.3, -0.25) is 9.97 Å². The Balaban J connectivity index is 2.01. The van der Waals surface area contributed by atoms with Crippen molar-refractivity contribution in [2.45, 2.75) is 76.6 Å². The predicted octanol–water partition coefficient (Wildman–Crippen LogP) is 4.52. The molecule has 0 aliphatic heterocycles. The Hall–Kier alpha value is -0.743. The van der Waals surface area contributed by atoms with E-state index in [1.54, 1.807) is 12.4 Å². The average Bonchev–Trinajstić information content (AvgIpc) is 2.38. The molecule has 1 aliphatic rings. The largest absolute Gasteiger partial charge is 0.414 e. The van der Waals surface area contributed by atoms with Crippen molar-refractivity contribution in [2.75, 3.05) is 0 Å². The molecule has 1 aromatic heterocycles. The van der Waals surface area contributed by atoms with Gasteiger partial charge in [0.2, 0.25) is 0 Å². The van der Waals surface area contributed by atoms with Crippen LogP contribution in [0, 0.1) is 0 Å². The van der Waals surface area contributed by atoms with Crippen molar-refractivity contribution in [3.8, 4) is 0 Å². The Morgan fingerprint density at radius 3 is 2.55 bits per heavy atom. The lowest BCUT2D eigenvalue weighted by molar-refractivity contribution is 0.126. The van der Waals surface area contributed by atoms with E-state index in [4.69, 9.17) is 4.43 Å². The Morgan fingerprint density at radius 1 is 1.20 bits per heavy atom. The zero-order valence-corrected chi connectivity index (χ0v) is 14.5. The highest BCUT2D eigenvalue weighted by atomic mass is 28.4. The maximum absolute atomic E-state index is 6.59. The first kappa shape index (κ1) is 15.6. The third-order valence-electron chi connectivity index (χ3n) is 4.89. The van der Waals surface area contributed by atoms with Crippen molar-refractivity contribution in [1.29, 1.82) is 0 Å². The van der Waals surface area contributed by atoms with Crippen LogP contribution < -0.4 is 0 Å². The van der Waals surface area contributed by atoms with Crippen LogP contribution in [-0.2, 0) is 4.43 Å². The molecule has 1 aliphatic carbocycles. The van der Waals surface area contributed by atoms with Crippen molar-refractivity contribution in [3.63, 3.8) is 0 Å². The molecule has 2 rings (SSSR count). The van der Waals surface area contributed by atoms with Gasteiger partial charge in [0, 0.05) is 30.6 Å². The van der Waals surface area contributed by atoms with Crippen LogP contribution in [0.15, 0.2) is 18.6 Å². The van der Waals surface area contributed by atoms with Crippen LogP contribution in [0.4, 0.5) is 0 Å². The van der Waals surface area contributed by atoms with E-state index in [0.29, 0.717) is 12.0 Å². The smallest absolute Gasteiger partial charge is 0.192 e. The van der Waals surface area contributed by atoms with E-state index in [0.717, 1.165) is 12.1 Å². The lowest BCUT2D eigenvalue weighted by atomic mass is 9.85. The van der Waals surface area contributed by atoms with Gasteiger partial charge >= 0.3 is 0 Å². The summed E-state index contributed by atoms with van der Waals surface area (Å²) in [6, 6.07) is 0. The number of rotatable bonds is 3. The fourth-order valence-corrected chi connectivity index (χ4v) is 4.04. The molecule has 0 spiro atoms. The number of aromatic nitrogens is 2. The lowest BCUT2D eigenvalue weighted by Gasteiger charge is -2.41. The average molecular weight is 292 g/mol. The lowest BCUT2D eigenvalue weighted by Crippen LogP contribution is -2.44. The Bertz CT molecular complexity index is 428. The Kier molecular flexibility index (Phi) is 4.64. The quantitative estimate of drug-likeness (QED) is 0.768. The van der Waals surface area contributed by atoms with E-state index in [2.05, 4.69) is 43.8 Å². The number of nitrogens with zero attached hydrogens (tertiary/aromatic N) is 2. The summed E-state index contributed by atoms with van der Waals surface area (Å²) in [4.78, 5) is 8.68. The summed E-state index contributed by atoms with van der Waals surface area (Å²) < 4.78 is 6.59. The third-order valence-corrected chi connectivity index (χ3v) is 9.43. The van der Waals surface area contributed by atoms with Crippen LogP contribution >= 0.6 is 0 Å². The summed E-state index contributed by atoms with van der Waals surface area (Å²) in [7, 11) is -1.66. The summed E-state index contributed by atoms with van der Waals surface area (Å²) in [6.07, 6.45) is 10.6. The van der Waals surface area contributed by atoms with E-state index in [-0.39, 0.29) is 5.04 Å². The third kappa shape index (κ3) is 3.67. The van der Waals surface area contributed by atoms with Crippen LogP contribution in [0.3, 0.4) is 0 Å². The van der Waals surface area contributed by atoms with Crippen molar-refractivity contribution in [2.24, 2.45) is 0 Å². The van der Waals surface area contributed by atoms with Gasteiger partial charge in [0.15, 0.2) is 8.32 Å². The molecule has 2 atom stereocenters. The molecule has 0 saturated heterocycles. The van der Waals surface area contributed by atoms with Crippen LogP contribution in [0.25, 0.3) is 0 Å². The Labute approximate surface area is 124 Å². The summed E-state index contributed by atoms with van der Waals surface area (Å²) in [5.41, 5.74) is 1.14. The van der Waals surface area contributed by atoms with Crippen molar-refractivity contribution >= 4 is 8.32 Å². The predicted molar refractivity (Wildman–Crippen MR) is 85.3 cm³/mol. The summed E-state index contributed by atoms with van der Waals surface area (Å²) in [5.74, 6) is 0.521. The van der Waals surface area contributed by atoms with Crippen LogP contribution in [0.1, 0.15) is 58.1 Å². The minimum absolute atomic E-state index is 0.284. The molecule has 4 heteroatoms. The molecule has 0 amide bonds. The molecular formula is C16H28N2OSi. The molecule has 0 radical (unpaired) electrons. The fraction of sp³-hybridized carbons (Fsp3) is 0.750. The maximum atomic E-state index is 6.59. The van der Waals surface area contributed by atoms with Gasteiger partial charge in [0.1, 0.15) is 0 Å². The zero-order chi connectivity index (χ0) is 14.8. The van der Waals surface area contributed by atoms with Crippen molar-refractivity contribution in [1.82, 2.24) is 9.97 Å². The minimum Gasteiger partial charge on any atom is -0.414 e. The maximum Gasteiger partial charge on any atom is 0.192 e. The summed E-state index contributed by atoms with van der Waals surface area (Å²) >= 11 is 0. The molecule has 2 unspecified atom stereocenters. The van der Waals surface area contributed by atoms with Crippen LogP contribution in [0.2, 0.25) is 18.1 Å². The highest BCUT2D eigenvalue weighted by Gasteiger charge is 2.40. The van der Waals surface area contributed by atoms with E-state index < -0.39 is 8.32 Å². The minimum atomic E-state index is -1.66. The molecule has 1 fully saturated rings. The molecule has 1 aromatic rings. The van der Waals surface area contributed by atoms with E-state index in [9.17, 15) is 0 Å². The van der Waals surface area contributed by atoms with E-state index in [1.165, 1.54) is 19.3 Å². The molecule has 0 aromatic carbocycles. The van der Waals surface area contributed by atoms with Gasteiger partial charge < -0.3 is 4.43 Å². The van der Waals surface area contributed by atoms with Gasteiger partial charge in [-0.05, 0) is 37.4 Å². The van der Waals surface area contributed by atoms with Gasteiger partial charge in [0.25, 0.3) is 0 Å². The molecular weight excluding hydrogens is 264 g/mol. The standard InChI is InChI=1S/C16H28N2OSi/c1-16(2,3)20(4,5)19-14-8-6-7-13(11-14)15-12-17-9-10-18-15/h9-10,12-14H,6-8,11H2,1-5H3. The summed E-state index contributed by atoms with van der Waals surface area (Å²) in [5, 5.41) is 0.284. The second-order valence-electron chi connectivity index (χ2n) is 7.49. The number of hydrogen-bond acceptors (Lipinski definition) is 3. The fourth-order valence-electron chi connectivity index (χ4n) is 2.64. The molecule has 3 nitrogen and oxygen atoms in total. The molecule has 20 heavy (non-hydrogen) atoms. The number of hydrogen-bond donors (Lipinski definition) is 0. The van der Waals surface area contributed by atoms with Gasteiger partial charge in [-0.1, -0.05) is 27.2 Å². The van der Waals surface area contributed by atoms with Gasteiger partial charge in [-0.2, -0.15) is 0 Å². The monoisotopic (exact) mass is 292 g/mol. The topological polar surface area (TPSA) is 35.0 Å². The first-order valence-corrected chi connectivity index (χ1v) is 10.6. The first-order chi connectivity index (χ1) is 9.29. The first-order valence-electron chi connectivity index (χ1n) is 7.73. The second-order valence-corrected chi connectivity index (χ2v) is 12.3. The highest BCUT2D eigenvalue weighted by molar-refractivity contribution is 6.74. The normalized spacial score (nSPS) is 24.6. The molecule has 112 valence electrons. The highest BCUT2D eigenvalue weighted by Crippen LogP contribution is 2.41. The van der Waals surface area contributed by atoms with Crippen LogP contribution in [-0.4, -0.2) is 24.4 Å². The van der Waals surface area contributed by atoms with E-state index >= 15 is 0 Å². The van der Waals surface area contributed by atoms with Gasteiger partial charge in [-0.25, -0.2) is 0 Å². The molecule has 1 heterocycles. The van der Waals surface area contributed by atoms with Gasteiger partial charge in [-0.15, -0.1) is 0 Å². The SMILES string of the molecule is CC(C)(C)[Si](C)(C)OC1CCCC(c2cnccn2)C1. The Morgan fingerprint density at radius 2 is 1.95 bits per heavy atom. The molecule has 0 N–H and O–H groups in total. The molecule has 1 saturated carbocycles. The van der Waals surface area contributed by atoms with Crippen molar-refractivity contribution < 1.29 is 4.43 Å². The van der Waals surface area contributed by atoms with Gasteiger partial charge in [0.05, 0.1) is 5.69 Å².